The van der Waals surface area contributed by atoms with Crippen LogP contribution in [-0.2, 0) is 17.9 Å². The van der Waals surface area contributed by atoms with Crippen LogP contribution in [0.15, 0.2) is 30.5 Å². The predicted molar refractivity (Wildman–Crippen MR) is 107 cm³/mol. The zero-order chi connectivity index (χ0) is 22.2. The van der Waals surface area contributed by atoms with Crippen LogP contribution in [0.2, 0.25) is 0 Å². The molecule has 1 fully saturated rings. The molecule has 0 saturated heterocycles. The minimum Gasteiger partial charge on any atom is -0.484 e. The van der Waals surface area contributed by atoms with Crippen molar-refractivity contribution in [2.24, 2.45) is 5.92 Å². The van der Waals surface area contributed by atoms with E-state index in [4.69, 9.17) is 4.74 Å². The molecule has 0 atom stereocenters. The summed E-state index contributed by atoms with van der Waals surface area (Å²) in [5.41, 5.74) is 2.51. The number of fused-ring (bicyclic) bond motifs is 1. The van der Waals surface area contributed by atoms with E-state index in [2.05, 4.69) is 10.3 Å². The molecule has 0 unspecified atom stereocenters. The lowest BCUT2D eigenvalue weighted by Gasteiger charge is -2.24. The minimum absolute atomic E-state index is 0.00641. The maximum Gasteiger partial charge on any atom is 0.422 e. The van der Waals surface area contributed by atoms with Gasteiger partial charge in [0.1, 0.15) is 11.6 Å². The van der Waals surface area contributed by atoms with E-state index in [0.29, 0.717) is 29.1 Å². The molecule has 4 rings (SSSR count). The molecule has 31 heavy (non-hydrogen) atoms. The van der Waals surface area contributed by atoms with Crippen LogP contribution >= 0.6 is 0 Å². The van der Waals surface area contributed by atoms with Crippen LogP contribution in [0.4, 0.5) is 19.0 Å². The number of rotatable bonds is 6. The predicted octanol–water partition coefficient (Wildman–Crippen LogP) is 4.23. The molecule has 0 spiro atoms. The number of aromatic nitrogens is 1. The third-order valence-corrected chi connectivity index (χ3v) is 5.64. The highest BCUT2D eigenvalue weighted by Gasteiger charge is 2.32. The number of aryl methyl sites for hydroxylation is 1. The number of nitrogens with one attached hydrogen (secondary N) is 1. The number of hydrogen-bond acceptors (Lipinski definition) is 4. The highest BCUT2D eigenvalue weighted by Crippen LogP contribution is 2.32. The van der Waals surface area contributed by atoms with Crippen LogP contribution in [0.25, 0.3) is 0 Å². The van der Waals surface area contributed by atoms with Crippen molar-refractivity contribution in [3.8, 4) is 5.75 Å². The molecule has 1 saturated carbocycles. The quantitative estimate of drug-likeness (QED) is 0.740. The zero-order valence-electron chi connectivity index (χ0n) is 17.0. The van der Waals surface area contributed by atoms with E-state index < -0.39 is 12.8 Å². The van der Waals surface area contributed by atoms with Gasteiger partial charge in [0.05, 0.1) is 6.54 Å². The van der Waals surface area contributed by atoms with E-state index in [-0.39, 0.29) is 30.0 Å². The molecule has 1 aromatic heterocycles. The Labute approximate surface area is 177 Å². The average Bonchev–Trinajstić information content (AvgIpc) is 2.96. The number of anilines is 1. The van der Waals surface area contributed by atoms with E-state index in [9.17, 15) is 22.8 Å². The van der Waals surface area contributed by atoms with Crippen molar-refractivity contribution in [3.63, 3.8) is 0 Å². The molecule has 2 aliphatic rings. The van der Waals surface area contributed by atoms with Crippen molar-refractivity contribution in [1.29, 1.82) is 0 Å². The fourth-order valence-electron chi connectivity index (χ4n) is 3.76. The summed E-state index contributed by atoms with van der Waals surface area (Å²) < 4.78 is 42.0. The third-order valence-electron chi connectivity index (χ3n) is 5.64. The number of benzene rings is 1. The first kappa shape index (κ1) is 21.1. The van der Waals surface area contributed by atoms with Crippen molar-refractivity contribution in [2.75, 3.05) is 11.9 Å². The van der Waals surface area contributed by atoms with Crippen molar-refractivity contribution in [2.45, 2.75) is 45.5 Å². The van der Waals surface area contributed by atoms with Gasteiger partial charge in [-0.05, 0) is 43.0 Å². The van der Waals surface area contributed by atoms with Gasteiger partial charge in [-0.25, -0.2) is 4.98 Å². The number of carbonyl (C=O) groups is 2. The molecule has 2 heterocycles. The van der Waals surface area contributed by atoms with Gasteiger partial charge >= 0.3 is 6.18 Å². The van der Waals surface area contributed by atoms with Crippen molar-refractivity contribution < 1.29 is 27.5 Å². The molecule has 0 radical (unpaired) electrons. The van der Waals surface area contributed by atoms with Crippen molar-refractivity contribution >= 4 is 17.6 Å². The second-order valence-electron chi connectivity index (χ2n) is 7.97. The van der Waals surface area contributed by atoms with Gasteiger partial charge < -0.3 is 15.0 Å². The normalized spacial score (nSPS) is 16.1. The van der Waals surface area contributed by atoms with Gasteiger partial charge in [-0.15, -0.1) is 0 Å². The summed E-state index contributed by atoms with van der Waals surface area (Å²) in [6.45, 7) is 0.890. The Morgan fingerprint density at radius 2 is 2.06 bits per heavy atom. The Balaban J connectivity index is 1.45. The van der Waals surface area contributed by atoms with Crippen molar-refractivity contribution in [3.05, 3.63) is 52.7 Å². The average molecular weight is 433 g/mol. The van der Waals surface area contributed by atoms with Gasteiger partial charge in [-0.1, -0.05) is 18.6 Å². The van der Waals surface area contributed by atoms with Crippen LogP contribution in [0.3, 0.4) is 0 Å². The topological polar surface area (TPSA) is 71.5 Å². The molecule has 2 amide bonds. The number of ether oxygens (including phenoxy) is 1. The second kappa shape index (κ2) is 8.20. The SMILES string of the molecule is Cc1cc(CN2Cc3c(ccnc3NC(=O)C3CCC3)C2=O)ccc1OCC(F)(F)F. The first-order valence-corrected chi connectivity index (χ1v) is 10.1. The molecular weight excluding hydrogens is 411 g/mol. The lowest BCUT2D eigenvalue weighted by atomic mass is 9.85. The summed E-state index contributed by atoms with van der Waals surface area (Å²) >= 11 is 0. The van der Waals surface area contributed by atoms with E-state index in [0.717, 1.165) is 24.8 Å². The molecule has 2 aromatic rings. The maximum absolute atomic E-state index is 12.8. The second-order valence-corrected chi connectivity index (χ2v) is 7.97. The Bertz CT molecular complexity index is 1020. The summed E-state index contributed by atoms with van der Waals surface area (Å²) in [5, 5.41) is 2.85. The van der Waals surface area contributed by atoms with E-state index in [1.807, 2.05) is 0 Å². The van der Waals surface area contributed by atoms with E-state index >= 15 is 0 Å². The summed E-state index contributed by atoms with van der Waals surface area (Å²) in [6.07, 6.45) is -0.113. The molecule has 1 aliphatic heterocycles. The van der Waals surface area contributed by atoms with Crippen LogP contribution in [-0.4, -0.2) is 34.5 Å². The molecule has 164 valence electrons. The Kier molecular flexibility index (Phi) is 5.60. The number of nitrogens with zero attached hydrogens (tertiary/aromatic N) is 2. The minimum atomic E-state index is -4.40. The smallest absolute Gasteiger partial charge is 0.422 e. The first-order chi connectivity index (χ1) is 14.7. The number of carbonyl (C=O) groups excluding carboxylic acids is 2. The summed E-state index contributed by atoms with van der Waals surface area (Å²) in [7, 11) is 0. The fraction of sp³-hybridized carbons (Fsp3) is 0.409. The summed E-state index contributed by atoms with van der Waals surface area (Å²) in [6, 6.07) is 6.47. The van der Waals surface area contributed by atoms with E-state index in [1.54, 1.807) is 30.0 Å². The zero-order valence-corrected chi connectivity index (χ0v) is 17.0. The number of halogens is 3. The molecule has 1 aromatic carbocycles. The molecule has 6 nitrogen and oxygen atoms in total. The number of alkyl halides is 3. The highest BCUT2D eigenvalue weighted by atomic mass is 19.4. The molecule has 9 heteroatoms. The van der Waals surface area contributed by atoms with Crippen LogP contribution in [0.5, 0.6) is 5.75 Å². The molecule has 1 N–H and O–H groups in total. The van der Waals surface area contributed by atoms with Crippen LogP contribution in [0, 0.1) is 12.8 Å². The van der Waals surface area contributed by atoms with Gasteiger partial charge in [0.2, 0.25) is 5.91 Å². The number of pyridine rings is 1. The summed E-state index contributed by atoms with van der Waals surface area (Å²) in [5.74, 6) is 0.335. The molecular formula is C22H22F3N3O3. The van der Waals surface area contributed by atoms with Crippen LogP contribution < -0.4 is 10.1 Å². The van der Waals surface area contributed by atoms with Crippen molar-refractivity contribution in [1.82, 2.24) is 9.88 Å². The number of amides is 2. The largest absolute Gasteiger partial charge is 0.484 e. The summed E-state index contributed by atoms with van der Waals surface area (Å²) in [4.78, 5) is 31.0. The lowest BCUT2D eigenvalue weighted by molar-refractivity contribution is -0.153. The van der Waals surface area contributed by atoms with Gasteiger partial charge in [0.15, 0.2) is 6.61 Å². The molecule has 1 aliphatic carbocycles. The Morgan fingerprint density at radius 1 is 1.29 bits per heavy atom. The van der Waals surface area contributed by atoms with Crippen LogP contribution in [0.1, 0.15) is 46.3 Å². The maximum atomic E-state index is 12.8. The fourth-order valence-corrected chi connectivity index (χ4v) is 3.76. The molecule has 0 bridgehead atoms. The van der Waals surface area contributed by atoms with Gasteiger partial charge in [0.25, 0.3) is 5.91 Å². The Morgan fingerprint density at radius 3 is 2.71 bits per heavy atom. The van der Waals surface area contributed by atoms with Gasteiger partial charge in [-0.3, -0.25) is 9.59 Å². The van der Waals surface area contributed by atoms with Gasteiger partial charge in [-0.2, -0.15) is 13.2 Å². The Hall–Kier alpha value is -3.10. The van der Waals surface area contributed by atoms with Gasteiger partial charge in [0, 0.05) is 29.8 Å². The highest BCUT2D eigenvalue weighted by molar-refractivity contribution is 6.01. The standard InChI is InChI=1S/C22H22F3N3O3/c1-13-9-14(5-6-18(13)31-12-22(23,24)25)10-28-11-17-16(21(28)30)7-8-26-19(17)27-20(29)15-3-2-4-15/h5-9,15H,2-4,10-12H2,1H3,(H,26,27,29). The third kappa shape index (κ3) is 4.65. The lowest BCUT2D eigenvalue weighted by Crippen LogP contribution is -2.29. The first-order valence-electron chi connectivity index (χ1n) is 10.1. The van der Waals surface area contributed by atoms with E-state index in [1.165, 1.54) is 12.3 Å². The monoisotopic (exact) mass is 433 g/mol. The number of hydrogen-bond donors (Lipinski definition) is 1.